The molecule has 1 fully saturated rings. The van der Waals surface area contributed by atoms with Crippen LogP contribution >= 0.6 is 0 Å². The van der Waals surface area contributed by atoms with Crippen molar-refractivity contribution in [1.29, 1.82) is 0 Å². The zero-order valence-corrected chi connectivity index (χ0v) is 10.1. The number of hydrogen-bond donors (Lipinski definition) is 1. The summed E-state index contributed by atoms with van der Waals surface area (Å²) in [6, 6.07) is 0. The topological polar surface area (TPSA) is 65.0 Å². The molecule has 0 bridgehead atoms. The van der Waals surface area contributed by atoms with Gasteiger partial charge in [-0.3, -0.25) is 4.79 Å². The molecule has 94 valence electrons. The van der Waals surface area contributed by atoms with E-state index in [0.29, 0.717) is 19.6 Å². The van der Waals surface area contributed by atoms with Gasteiger partial charge in [0, 0.05) is 13.0 Å². The van der Waals surface area contributed by atoms with Crippen molar-refractivity contribution in [2.45, 2.75) is 39.4 Å². The van der Waals surface area contributed by atoms with Crippen LogP contribution in [0.25, 0.3) is 0 Å². The summed E-state index contributed by atoms with van der Waals surface area (Å²) in [5, 5.41) is 9.16. The summed E-state index contributed by atoms with van der Waals surface area (Å²) in [4.78, 5) is 11.2. The Morgan fingerprint density at radius 3 is 2.75 bits per heavy atom. The van der Waals surface area contributed by atoms with Crippen LogP contribution in [0.4, 0.5) is 0 Å². The highest BCUT2D eigenvalue weighted by molar-refractivity contribution is 5.74. The summed E-state index contributed by atoms with van der Waals surface area (Å²) in [5.41, 5.74) is -0.915. The Hall–Kier alpha value is -0.650. The van der Waals surface area contributed by atoms with Gasteiger partial charge in [-0.2, -0.15) is 0 Å². The number of ether oxygens (including phenoxy) is 3. The molecule has 0 aliphatic carbocycles. The van der Waals surface area contributed by atoms with E-state index in [0.717, 1.165) is 0 Å². The van der Waals surface area contributed by atoms with Crippen LogP contribution < -0.4 is 0 Å². The van der Waals surface area contributed by atoms with Gasteiger partial charge in [0.1, 0.15) is 6.79 Å². The molecule has 0 aromatic rings. The highest BCUT2D eigenvalue weighted by Crippen LogP contribution is 2.28. The minimum atomic E-state index is -0.915. The summed E-state index contributed by atoms with van der Waals surface area (Å²) in [6.45, 7) is 6.50. The molecule has 1 saturated heterocycles. The number of rotatable bonds is 6. The molecular formula is C11H20O5. The van der Waals surface area contributed by atoms with Crippen molar-refractivity contribution in [3.05, 3.63) is 0 Å². The second-order valence-corrected chi connectivity index (χ2v) is 4.48. The van der Waals surface area contributed by atoms with Gasteiger partial charge in [-0.05, 0) is 20.8 Å². The molecule has 16 heavy (non-hydrogen) atoms. The van der Waals surface area contributed by atoms with Crippen LogP contribution in [-0.2, 0) is 19.0 Å². The fraction of sp³-hybridized carbons (Fsp3) is 0.909. The Bertz CT molecular complexity index is 233. The van der Waals surface area contributed by atoms with Crippen molar-refractivity contribution in [2.75, 3.05) is 20.0 Å². The van der Waals surface area contributed by atoms with Crippen LogP contribution in [0.15, 0.2) is 0 Å². The van der Waals surface area contributed by atoms with Crippen molar-refractivity contribution in [3.63, 3.8) is 0 Å². The van der Waals surface area contributed by atoms with Gasteiger partial charge in [-0.25, -0.2) is 0 Å². The number of carbonyl (C=O) groups is 1. The van der Waals surface area contributed by atoms with Crippen molar-refractivity contribution < 1.29 is 24.1 Å². The van der Waals surface area contributed by atoms with Crippen molar-refractivity contribution in [1.82, 2.24) is 0 Å². The predicted molar refractivity (Wildman–Crippen MR) is 57.1 cm³/mol. The first-order valence-electron chi connectivity index (χ1n) is 5.52. The minimum absolute atomic E-state index is 0.0600. The van der Waals surface area contributed by atoms with Crippen molar-refractivity contribution in [2.24, 2.45) is 5.41 Å². The first-order valence-corrected chi connectivity index (χ1v) is 5.52. The molecule has 1 rings (SSSR count). The zero-order chi connectivity index (χ0) is 12.2. The summed E-state index contributed by atoms with van der Waals surface area (Å²) in [7, 11) is 0. The van der Waals surface area contributed by atoms with Gasteiger partial charge >= 0.3 is 5.97 Å². The van der Waals surface area contributed by atoms with E-state index < -0.39 is 11.4 Å². The Labute approximate surface area is 95.7 Å². The predicted octanol–water partition coefficient (Wildman–Crippen LogP) is 1.27. The lowest BCUT2D eigenvalue weighted by Gasteiger charge is -2.31. The van der Waals surface area contributed by atoms with Crippen LogP contribution in [-0.4, -0.2) is 43.3 Å². The molecule has 2 atom stereocenters. The Kier molecular flexibility index (Phi) is 4.70. The first-order chi connectivity index (χ1) is 7.48. The van der Waals surface area contributed by atoms with Crippen molar-refractivity contribution >= 4 is 5.97 Å². The molecule has 1 N–H and O–H groups in total. The molecule has 0 aromatic heterocycles. The molecule has 1 heterocycles. The SMILES string of the molecule is CCOC(CC1COCO1)C(C)(C)C(=O)O. The molecule has 5 nitrogen and oxygen atoms in total. The molecule has 0 amide bonds. The molecule has 0 radical (unpaired) electrons. The maximum Gasteiger partial charge on any atom is 0.311 e. The van der Waals surface area contributed by atoms with Crippen LogP contribution in [0, 0.1) is 5.41 Å². The summed E-state index contributed by atoms with van der Waals surface area (Å²) >= 11 is 0. The lowest BCUT2D eigenvalue weighted by Crippen LogP contribution is -2.41. The van der Waals surface area contributed by atoms with Gasteiger partial charge in [0.2, 0.25) is 0 Å². The molecular weight excluding hydrogens is 212 g/mol. The highest BCUT2D eigenvalue weighted by atomic mass is 16.7. The fourth-order valence-corrected chi connectivity index (χ4v) is 1.66. The monoisotopic (exact) mass is 232 g/mol. The smallest absolute Gasteiger partial charge is 0.311 e. The van der Waals surface area contributed by atoms with Gasteiger partial charge in [0.25, 0.3) is 0 Å². The maximum atomic E-state index is 11.2. The second kappa shape index (κ2) is 5.61. The molecule has 0 saturated carbocycles. The number of carboxylic acid groups (broad SMARTS) is 1. The van der Waals surface area contributed by atoms with Gasteiger partial charge in [-0.1, -0.05) is 0 Å². The maximum absolute atomic E-state index is 11.2. The third-order valence-electron chi connectivity index (χ3n) is 2.89. The Morgan fingerprint density at radius 1 is 1.62 bits per heavy atom. The van der Waals surface area contributed by atoms with Crippen molar-refractivity contribution in [3.8, 4) is 0 Å². The lowest BCUT2D eigenvalue weighted by atomic mass is 9.83. The quantitative estimate of drug-likeness (QED) is 0.747. The summed E-state index contributed by atoms with van der Waals surface area (Å²) in [6.07, 6.45) is 0.129. The van der Waals surface area contributed by atoms with E-state index in [1.165, 1.54) is 0 Å². The number of aliphatic carboxylic acids is 1. The van der Waals surface area contributed by atoms with E-state index in [-0.39, 0.29) is 19.0 Å². The first kappa shape index (κ1) is 13.4. The van der Waals surface area contributed by atoms with Crippen LogP contribution in [0.5, 0.6) is 0 Å². The third kappa shape index (κ3) is 3.17. The summed E-state index contributed by atoms with van der Waals surface area (Å²) in [5.74, 6) is -0.857. The van der Waals surface area contributed by atoms with E-state index in [1.807, 2.05) is 6.92 Å². The average molecular weight is 232 g/mol. The van der Waals surface area contributed by atoms with E-state index in [9.17, 15) is 4.79 Å². The largest absolute Gasteiger partial charge is 0.481 e. The summed E-state index contributed by atoms with van der Waals surface area (Å²) < 4.78 is 15.9. The molecule has 0 aromatic carbocycles. The van der Waals surface area contributed by atoms with E-state index in [2.05, 4.69) is 0 Å². The average Bonchev–Trinajstić information content (AvgIpc) is 2.69. The normalized spacial score (nSPS) is 23.3. The highest BCUT2D eigenvalue weighted by Gasteiger charge is 2.39. The zero-order valence-electron chi connectivity index (χ0n) is 10.1. The number of hydrogen-bond acceptors (Lipinski definition) is 4. The Morgan fingerprint density at radius 2 is 2.31 bits per heavy atom. The second-order valence-electron chi connectivity index (χ2n) is 4.48. The van der Waals surface area contributed by atoms with E-state index in [1.54, 1.807) is 13.8 Å². The molecule has 2 unspecified atom stereocenters. The van der Waals surface area contributed by atoms with Crippen LogP contribution in [0.3, 0.4) is 0 Å². The van der Waals surface area contributed by atoms with Gasteiger partial charge in [0.05, 0.1) is 24.2 Å². The third-order valence-corrected chi connectivity index (χ3v) is 2.89. The van der Waals surface area contributed by atoms with Gasteiger partial charge < -0.3 is 19.3 Å². The lowest BCUT2D eigenvalue weighted by molar-refractivity contribution is -0.158. The van der Waals surface area contributed by atoms with E-state index in [4.69, 9.17) is 19.3 Å². The standard InChI is InChI=1S/C11H20O5/c1-4-15-9(11(2,3)10(12)13)5-8-6-14-7-16-8/h8-9H,4-7H2,1-3H3,(H,12,13). The van der Waals surface area contributed by atoms with E-state index >= 15 is 0 Å². The van der Waals surface area contributed by atoms with Gasteiger partial charge in [-0.15, -0.1) is 0 Å². The number of carboxylic acids is 1. The van der Waals surface area contributed by atoms with Crippen LogP contribution in [0.2, 0.25) is 0 Å². The minimum Gasteiger partial charge on any atom is -0.481 e. The fourth-order valence-electron chi connectivity index (χ4n) is 1.66. The molecule has 1 aliphatic rings. The van der Waals surface area contributed by atoms with Gasteiger partial charge in [0.15, 0.2) is 0 Å². The molecule has 1 aliphatic heterocycles. The van der Waals surface area contributed by atoms with Crippen LogP contribution in [0.1, 0.15) is 27.2 Å². The molecule has 5 heteroatoms. The molecule has 0 spiro atoms. The Balaban J connectivity index is 2.61.